The summed E-state index contributed by atoms with van der Waals surface area (Å²) in [6.07, 6.45) is 0.576. The van der Waals surface area contributed by atoms with Crippen molar-refractivity contribution < 1.29 is 29.0 Å². The van der Waals surface area contributed by atoms with Gasteiger partial charge in [-0.3, -0.25) is 19.2 Å². The molecule has 3 atom stereocenters. The highest BCUT2D eigenvalue weighted by atomic mass is 16.5. The maximum Gasteiger partial charge on any atom is 0.246 e. The Bertz CT molecular complexity index is 1080. The number of phenolic OH excluding ortho intramolecular Hbond substituents is 1. The number of primary amides is 1. The van der Waals surface area contributed by atoms with Crippen LogP contribution in [0.1, 0.15) is 31.4 Å². The summed E-state index contributed by atoms with van der Waals surface area (Å²) in [4.78, 5) is 51.2. The molecular formula is C28H39N5O6. The summed E-state index contributed by atoms with van der Waals surface area (Å²) in [6, 6.07) is 12.3. The summed E-state index contributed by atoms with van der Waals surface area (Å²) in [6.45, 7) is 3.93. The summed E-state index contributed by atoms with van der Waals surface area (Å²) in [7, 11) is 0. The number of carbonyl (C=O) groups excluding carboxylic acids is 4. The maximum absolute atomic E-state index is 13.5. The predicted octanol–water partition coefficient (Wildman–Crippen LogP) is 0.139. The number of rotatable bonds is 16. The number of amides is 4. The SMILES string of the molecule is CC(C)C[C@H](NC(=O)[C@H](Cc1ccccc1)NC(=O)[C@H](Cc1ccc(O)cc1)NC(=O)COCCN)C(N)=O. The third-order valence-corrected chi connectivity index (χ3v) is 5.81. The lowest BCUT2D eigenvalue weighted by Crippen LogP contribution is -2.57. The summed E-state index contributed by atoms with van der Waals surface area (Å²) in [5.74, 6) is -2.22. The molecule has 11 nitrogen and oxygen atoms in total. The van der Waals surface area contributed by atoms with Gasteiger partial charge >= 0.3 is 0 Å². The third-order valence-electron chi connectivity index (χ3n) is 5.81. The van der Waals surface area contributed by atoms with E-state index in [2.05, 4.69) is 16.0 Å². The van der Waals surface area contributed by atoms with Crippen molar-refractivity contribution in [2.45, 2.75) is 51.2 Å². The second kappa shape index (κ2) is 16.1. The van der Waals surface area contributed by atoms with E-state index in [0.29, 0.717) is 12.0 Å². The van der Waals surface area contributed by atoms with Crippen molar-refractivity contribution in [3.05, 3.63) is 65.7 Å². The second-order valence-electron chi connectivity index (χ2n) is 9.68. The summed E-state index contributed by atoms with van der Waals surface area (Å²) in [5.41, 5.74) is 12.4. The Kier molecular flexibility index (Phi) is 12.9. The molecule has 0 aliphatic carbocycles. The fraction of sp³-hybridized carbons (Fsp3) is 0.429. The van der Waals surface area contributed by atoms with Crippen molar-refractivity contribution >= 4 is 23.6 Å². The zero-order valence-corrected chi connectivity index (χ0v) is 22.4. The number of ether oxygens (including phenoxy) is 1. The fourth-order valence-electron chi connectivity index (χ4n) is 3.88. The van der Waals surface area contributed by atoms with Gasteiger partial charge < -0.3 is 37.3 Å². The van der Waals surface area contributed by atoms with Gasteiger partial charge in [-0.2, -0.15) is 0 Å². The number of nitrogens with one attached hydrogen (secondary N) is 3. The molecule has 0 unspecified atom stereocenters. The van der Waals surface area contributed by atoms with Gasteiger partial charge in [-0.1, -0.05) is 56.3 Å². The van der Waals surface area contributed by atoms with Gasteiger partial charge in [0.1, 0.15) is 30.5 Å². The Morgan fingerprint density at radius 3 is 1.90 bits per heavy atom. The fourth-order valence-corrected chi connectivity index (χ4v) is 3.88. The number of nitrogens with two attached hydrogens (primary N) is 2. The molecule has 39 heavy (non-hydrogen) atoms. The molecule has 4 amide bonds. The first-order valence-electron chi connectivity index (χ1n) is 12.9. The number of hydrogen-bond acceptors (Lipinski definition) is 7. The number of aromatic hydroxyl groups is 1. The van der Waals surface area contributed by atoms with Crippen LogP contribution in [0.15, 0.2) is 54.6 Å². The largest absolute Gasteiger partial charge is 0.508 e. The Balaban J connectivity index is 2.27. The van der Waals surface area contributed by atoms with Crippen LogP contribution in [0.3, 0.4) is 0 Å². The summed E-state index contributed by atoms with van der Waals surface area (Å²) >= 11 is 0. The molecule has 212 valence electrons. The Hall–Kier alpha value is -3.96. The molecule has 0 aliphatic heterocycles. The first-order valence-corrected chi connectivity index (χ1v) is 12.9. The van der Waals surface area contributed by atoms with Crippen LogP contribution in [0.4, 0.5) is 0 Å². The van der Waals surface area contributed by atoms with E-state index >= 15 is 0 Å². The molecule has 0 fully saturated rings. The highest BCUT2D eigenvalue weighted by molar-refractivity contribution is 5.94. The standard InChI is InChI=1S/C28H39N5O6/c1-18(2)14-22(26(30)36)32-28(38)24(15-19-6-4-3-5-7-19)33-27(37)23(31-25(35)17-39-13-12-29)16-20-8-10-21(34)11-9-20/h3-11,18,22-24,34H,12-17,29H2,1-2H3,(H2,30,36)(H,31,35)(H,32,38)(H,33,37)/t22-,23-,24-/m0/s1. The van der Waals surface area contributed by atoms with Crippen molar-refractivity contribution in [3.63, 3.8) is 0 Å². The van der Waals surface area contributed by atoms with E-state index in [9.17, 15) is 24.3 Å². The molecule has 0 bridgehead atoms. The van der Waals surface area contributed by atoms with Crippen molar-refractivity contribution in [2.24, 2.45) is 17.4 Å². The molecule has 0 heterocycles. The Labute approximate surface area is 228 Å². The van der Waals surface area contributed by atoms with Gasteiger partial charge in [0.2, 0.25) is 23.6 Å². The molecule has 11 heteroatoms. The minimum Gasteiger partial charge on any atom is -0.508 e. The maximum atomic E-state index is 13.5. The lowest BCUT2D eigenvalue weighted by molar-refractivity contribution is -0.134. The summed E-state index contributed by atoms with van der Waals surface area (Å²) in [5, 5.41) is 17.7. The van der Waals surface area contributed by atoms with E-state index < -0.39 is 41.8 Å². The van der Waals surface area contributed by atoms with Crippen LogP contribution in [0.25, 0.3) is 0 Å². The quantitative estimate of drug-likeness (QED) is 0.163. The Morgan fingerprint density at radius 1 is 0.821 bits per heavy atom. The molecule has 8 N–H and O–H groups in total. The lowest BCUT2D eigenvalue weighted by atomic mass is 10.0. The molecule has 0 saturated heterocycles. The van der Waals surface area contributed by atoms with Gasteiger partial charge in [0.05, 0.1) is 6.61 Å². The van der Waals surface area contributed by atoms with Crippen molar-refractivity contribution in [1.29, 1.82) is 0 Å². The van der Waals surface area contributed by atoms with Crippen LogP contribution in [0.2, 0.25) is 0 Å². The molecule has 0 aliphatic rings. The molecule has 0 aromatic heterocycles. The molecular weight excluding hydrogens is 502 g/mol. The van der Waals surface area contributed by atoms with E-state index in [1.54, 1.807) is 12.1 Å². The topological polar surface area (TPSA) is 186 Å². The Morgan fingerprint density at radius 2 is 1.36 bits per heavy atom. The van der Waals surface area contributed by atoms with Crippen LogP contribution in [0.5, 0.6) is 5.75 Å². The van der Waals surface area contributed by atoms with Crippen LogP contribution in [-0.2, 0) is 36.8 Å². The molecule has 0 saturated carbocycles. The minimum atomic E-state index is -1.06. The number of carbonyl (C=O) groups is 4. The number of phenols is 1. The van der Waals surface area contributed by atoms with Crippen molar-refractivity contribution in [2.75, 3.05) is 19.8 Å². The van der Waals surface area contributed by atoms with Gasteiger partial charge in [-0.25, -0.2) is 0 Å². The first-order chi connectivity index (χ1) is 18.6. The molecule has 2 aromatic rings. The monoisotopic (exact) mass is 541 g/mol. The van der Waals surface area contributed by atoms with Gasteiger partial charge in [0.25, 0.3) is 0 Å². The zero-order chi connectivity index (χ0) is 28.8. The van der Waals surface area contributed by atoms with E-state index in [1.165, 1.54) is 12.1 Å². The van der Waals surface area contributed by atoms with Gasteiger partial charge in [0.15, 0.2) is 0 Å². The third kappa shape index (κ3) is 11.5. The molecule has 2 aromatic carbocycles. The number of hydrogen-bond donors (Lipinski definition) is 6. The van der Waals surface area contributed by atoms with E-state index in [4.69, 9.17) is 16.2 Å². The zero-order valence-electron chi connectivity index (χ0n) is 22.4. The first kappa shape index (κ1) is 31.3. The van der Waals surface area contributed by atoms with Crippen LogP contribution in [0, 0.1) is 5.92 Å². The minimum absolute atomic E-state index is 0.0592. The highest BCUT2D eigenvalue weighted by Gasteiger charge is 2.30. The lowest BCUT2D eigenvalue weighted by Gasteiger charge is -2.25. The summed E-state index contributed by atoms with van der Waals surface area (Å²) < 4.78 is 5.18. The van der Waals surface area contributed by atoms with E-state index in [1.807, 2.05) is 44.2 Å². The van der Waals surface area contributed by atoms with Crippen LogP contribution in [-0.4, -0.2) is 66.6 Å². The van der Waals surface area contributed by atoms with E-state index in [-0.39, 0.29) is 44.3 Å². The van der Waals surface area contributed by atoms with Gasteiger partial charge in [-0.15, -0.1) is 0 Å². The smallest absolute Gasteiger partial charge is 0.246 e. The highest BCUT2D eigenvalue weighted by Crippen LogP contribution is 2.12. The number of benzene rings is 2. The molecule has 0 radical (unpaired) electrons. The van der Waals surface area contributed by atoms with Gasteiger partial charge in [-0.05, 0) is 35.6 Å². The van der Waals surface area contributed by atoms with Crippen LogP contribution >= 0.6 is 0 Å². The van der Waals surface area contributed by atoms with Gasteiger partial charge in [0, 0.05) is 19.4 Å². The predicted molar refractivity (Wildman–Crippen MR) is 146 cm³/mol. The second-order valence-corrected chi connectivity index (χ2v) is 9.68. The van der Waals surface area contributed by atoms with Crippen molar-refractivity contribution in [1.82, 2.24) is 16.0 Å². The molecule has 0 spiro atoms. The van der Waals surface area contributed by atoms with Crippen LogP contribution < -0.4 is 27.4 Å². The van der Waals surface area contributed by atoms with Crippen molar-refractivity contribution in [3.8, 4) is 5.75 Å². The normalized spacial score (nSPS) is 13.2. The van der Waals surface area contributed by atoms with E-state index in [0.717, 1.165) is 5.56 Å². The molecule has 2 rings (SSSR count). The average Bonchev–Trinajstić information content (AvgIpc) is 2.89. The average molecular weight is 542 g/mol.